The van der Waals surface area contributed by atoms with Crippen molar-refractivity contribution in [3.63, 3.8) is 0 Å². The minimum atomic E-state index is -2.86. The molecule has 18 heavy (non-hydrogen) atoms. The van der Waals surface area contributed by atoms with E-state index in [-0.39, 0.29) is 5.75 Å². The van der Waals surface area contributed by atoms with Gasteiger partial charge in [-0.2, -0.15) is 0 Å². The van der Waals surface area contributed by atoms with Crippen LogP contribution in [0.5, 0.6) is 0 Å². The van der Waals surface area contributed by atoms with Crippen molar-refractivity contribution in [1.29, 1.82) is 0 Å². The second-order valence-corrected chi connectivity index (χ2v) is 7.48. The van der Waals surface area contributed by atoms with Crippen LogP contribution < -0.4 is 5.32 Å². The Morgan fingerprint density at radius 3 is 2.17 bits per heavy atom. The molecule has 0 saturated heterocycles. The highest BCUT2D eigenvalue weighted by Gasteiger charge is 2.01. The van der Waals surface area contributed by atoms with Crippen LogP contribution in [0.15, 0.2) is 24.3 Å². The van der Waals surface area contributed by atoms with Crippen molar-refractivity contribution in [3.8, 4) is 0 Å². The number of benzene rings is 1. The monoisotopic (exact) mass is 269 g/mol. The van der Waals surface area contributed by atoms with E-state index in [9.17, 15) is 8.42 Å². The number of hydrogen-bond acceptors (Lipinski definition) is 3. The van der Waals surface area contributed by atoms with Crippen molar-refractivity contribution in [3.05, 3.63) is 35.4 Å². The van der Waals surface area contributed by atoms with Gasteiger partial charge in [0.25, 0.3) is 0 Å². The first-order chi connectivity index (χ1) is 8.37. The van der Waals surface area contributed by atoms with Gasteiger partial charge < -0.3 is 5.32 Å². The molecule has 102 valence electrons. The summed E-state index contributed by atoms with van der Waals surface area (Å²) in [5.41, 5.74) is 2.54. The fraction of sp³-hybridized carbons (Fsp3) is 0.571. The Labute approximate surface area is 111 Å². The molecule has 0 aromatic heterocycles. The zero-order valence-electron chi connectivity index (χ0n) is 11.4. The standard InChI is InChI=1S/C14H23NO2S/c1-12(2)10-13-4-6-14(7-5-13)11-15-8-9-18(3,16)17/h4-7,12,15H,8-11H2,1-3H3. The van der Waals surface area contributed by atoms with E-state index in [4.69, 9.17) is 0 Å². The lowest BCUT2D eigenvalue weighted by Gasteiger charge is -2.07. The van der Waals surface area contributed by atoms with Gasteiger partial charge in [-0.05, 0) is 23.5 Å². The number of hydrogen-bond donors (Lipinski definition) is 1. The largest absolute Gasteiger partial charge is 0.312 e. The molecule has 1 aromatic carbocycles. The Balaban J connectivity index is 2.35. The zero-order valence-corrected chi connectivity index (χ0v) is 12.3. The molecule has 0 fully saturated rings. The van der Waals surface area contributed by atoms with Crippen LogP contribution in [0, 0.1) is 5.92 Å². The molecule has 0 radical (unpaired) electrons. The summed E-state index contributed by atoms with van der Waals surface area (Å²) in [5, 5.41) is 3.14. The Morgan fingerprint density at radius 2 is 1.67 bits per heavy atom. The molecule has 0 heterocycles. The van der Waals surface area contributed by atoms with E-state index < -0.39 is 9.84 Å². The van der Waals surface area contributed by atoms with Crippen LogP contribution in [0.1, 0.15) is 25.0 Å². The summed E-state index contributed by atoms with van der Waals surface area (Å²) in [4.78, 5) is 0. The third kappa shape index (κ3) is 6.77. The van der Waals surface area contributed by atoms with E-state index >= 15 is 0 Å². The maximum Gasteiger partial charge on any atom is 0.148 e. The first kappa shape index (κ1) is 15.2. The van der Waals surface area contributed by atoms with Gasteiger partial charge in [-0.3, -0.25) is 0 Å². The topological polar surface area (TPSA) is 46.2 Å². The molecule has 0 bridgehead atoms. The highest BCUT2D eigenvalue weighted by Crippen LogP contribution is 2.09. The molecule has 0 atom stereocenters. The van der Waals surface area contributed by atoms with Crippen LogP contribution in [0.25, 0.3) is 0 Å². The van der Waals surface area contributed by atoms with Gasteiger partial charge in [0, 0.05) is 19.3 Å². The molecule has 0 amide bonds. The van der Waals surface area contributed by atoms with Crippen LogP contribution >= 0.6 is 0 Å². The number of rotatable bonds is 7. The fourth-order valence-electron chi connectivity index (χ4n) is 1.75. The highest BCUT2D eigenvalue weighted by molar-refractivity contribution is 7.90. The van der Waals surface area contributed by atoms with E-state index in [1.807, 2.05) is 0 Å². The molecular weight excluding hydrogens is 246 g/mol. The van der Waals surface area contributed by atoms with Gasteiger partial charge in [-0.25, -0.2) is 8.42 Å². The van der Waals surface area contributed by atoms with Crippen molar-refractivity contribution in [1.82, 2.24) is 5.32 Å². The van der Waals surface area contributed by atoms with E-state index in [1.165, 1.54) is 17.4 Å². The molecule has 0 spiro atoms. The smallest absolute Gasteiger partial charge is 0.148 e. The third-order valence-electron chi connectivity index (χ3n) is 2.65. The van der Waals surface area contributed by atoms with Crippen molar-refractivity contribution in [2.75, 3.05) is 18.6 Å². The van der Waals surface area contributed by atoms with Crippen molar-refractivity contribution >= 4 is 9.84 Å². The summed E-state index contributed by atoms with van der Waals surface area (Å²) in [6.45, 7) is 5.64. The number of nitrogens with one attached hydrogen (secondary N) is 1. The molecule has 1 rings (SSSR count). The van der Waals surface area contributed by atoms with Crippen LogP contribution in [-0.4, -0.2) is 27.0 Å². The van der Waals surface area contributed by atoms with Gasteiger partial charge in [0.05, 0.1) is 5.75 Å². The normalized spacial score (nSPS) is 12.0. The Kier molecular flexibility index (Phi) is 5.82. The first-order valence-electron chi connectivity index (χ1n) is 6.33. The van der Waals surface area contributed by atoms with E-state index in [0.717, 1.165) is 13.0 Å². The Morgan fingerprint density at radius 1 is 1.11 bits per heavy atom. The predicted molar refractivity (Wildman–Crippen MR) is 76.4 cm³/mol. The summed E-state index contributed by atoms with van der Waals surface area (Å²) in [6, 6.07) is 8.50. The molecule has 4 heteroatoms. The fourth-order valence-corrected chi connectivity index (χ4v) is 2.27. The molecule has 0 aliphatic carbocycles. The average Bonchev–Trinajstić information content (AvgIpc) is 2.24. The first-order valence-corrected chi connectivity index (χ1v) is 8.39. The summed E-state index contributed by atoms with van der Waals surface area (Å²) in [6.07, 6.45) is 2.36. The van der Waals surface area contributed by atoms with Crippen molar-refractivity contribution in [2.24, 2.45) is 5.92 Å². The maximum absolute atomic E-state index is 10.9. The quantitative estimate of drug-likeness (QED) is 0.770. The van der Waals surface area contributed by atoms with Crippen molar-refractivity contribution < 1.29 is 8.42 Å². The van der Waals surface area contributed by atoms with Crippen LogP contribution in [0.4, 0.5) is 0 Å². The molecule has 0 aliphatic heterocycles. The lowest BCUT2D eigenvalue weighted by Crippen LogP contribution is -2.21. The average molecular weight is 269 g/mol. The van der Waals surface area contributed by atoms with E-state index in [0.29, 0.717) is 12.5 Å². The Hall–Kier alpha value is -0.870. The van der Waals surface area contributed by atoms with Gasteiger partial charge >= 0.3 is 0 Å². The second kappa shape index (κ2) is 6.90. The summed E-state index contributed by atoms with van der Waals surface area (Å²) in [5.74, 6) is 0.863. The summed E-state index contributed by atoms with van der Waals surface area (Å²) in [7, 11) is -2.86. The summed E-state index contributed by atoms with van der Waals surface area (Å²) >= 11 is 0. The summed E-state index contributed by atoms with van der Waals surface area (Å²) < 4.78 is 21.9. The predicted octanol–water partition coefficient (Wildman–Crippen LogP) is 2.02. The van der Waals surface area contributed by atoms with Gasteiger partial charge in [-0.15, -0.1) is 0 Å². The lowest BCUT2D eigenvalue weighted by atomic mass is 10.0. The van der Waals surface area contributed by atoms with Crippen LogP contribution in [-0.2, 0) is 22.8 Å². The molecule has 0 aliphatic rings. The SMILES string of the molecule is CC(C)Cc1ccc(CNCCS(C)(=O)=O)cc1. The van der Waals surface area contributed by atoms with Gasteiger partial charge in [-0.1, -0.05) is 38.1 Å². The van der Waals surface area contributed by atoms with E-state index in [2.05, 4.69) is 43.4 Å². The minimum Gasteiger partial charge on any atom is -0.312 e. The molecule has 1 aromatic rings. The van der Waals surface area contributed by atoms with Gasteiger partial charge in [0.15, 0.2) is 0 Å². The maximum atomic E-state index is 10.9. The van der Waals surface area contributed by atoms with Gasteiger partial charge in [0.1, 0.15) is 9.84 Å². The molecule has 1 N–H and O–H groups in total. The van der Waals surface area contributed by atoms with Crippen LogP contribution in [0.3, 0.4) is 0 Å². The molecule has 3 nitrogen and oxygen atoms in total. The van der Waals surface area contributed by atoms with E-state index in [1.54, 1.807) is 0 Å². The second-order valence-electron chi connectivity index (χ2n) is 5.22. The van der Waals surface area contributed by atoms with Gasteiger partial charge in [0.2, 0.25) is 0 Å². The lowest BCUT2D eigenvalue weighted by molar-refractivity contribution is 0.596. The van der Waals surface area contributed by atoms with Crippen molar-refractivity contribution in [2.45, 2.75) is 26.8 Å². The van der Waals surface area contributed by atoms with Crippen LogP contribution in [0.2, 0.25) is 0 Å². The third-order valence-corrected chi connectivity index (χ3v) is 3.59. The molecule has 0 unspecified atom stereocenters. The zero-order chi connectivity index (χ0) is 13.6. The minimum absolute atomic E-state index is 0.193. The molecule has 0 saturated carbocycles. The Bertz CT molecular complexity index is 449. The molecular formula is C14H23NO2S. The number of sulfone groups is 1. The highest BCUT2D eigenvalue weighted by atomic mass is 32.2.